The van der Waals surface area contributed by atoms with Crippen LogP contribution in [0.3, 0.4) is 0 Å². The van der Waals surface area contributed by atoms with Gasteiger partial charge in [0.05, 0.1) is 5.69 Å². The zero-order valence-electron chi connectivity index (χ0n) is 16.0. The first kappa shape index (κ1) is 24.2. The van der Waals surface area contributed by atoms with E-state index in [0.717, 1.165) is 12.1 Å². The minimum atomic E-state index is -4.62. The van der Waals surface area contributed by atoms with Gasteiger partial charge in [0.15, 0.2) is 6.10 Å². The van der Waals surface area contributed by atoms with Crippen molar-refractivity contribution in [3.8, 4) is 0 Å². The van der Waals surface area contributed by atoms with Gasteiger partial charge >= 0.3 is 5.97 Å². The van der Waals surface area contributed by atoms with E-state index in [9.17, 15) is 21.6 Å². The van der Waals surface area contributed by atoms with E-state index in [1.165, 1.54) is 25.3 Å². The predicted octanol–water partition coefficient (Wildman–Crippen LogP) is 2.37. The molecule has 31 heavy (non-hydrogen) atoms. The number of methoxy groups -OCH3 is 1. The minimum absolute atomic E-state index is 0.0492. The fraction of sp³-hybridized carbons (Fsp3) is 0.105. The summed E-state index contributed by atoms with van der Waals surface area (Å²) in [6.45, 7) is 0. The van der Waals surface area contributed by atoms with E-state index in [0.29, 0.717) is 5.56 Å². The molecule has 3 aromatic carbocycles. The van der Waals surface area contributed by atoms with Crippen LogP contribution in [0.1, 0.15) is 11.7 Å². The van der Waals surface area contributed by atoms with Crippen LogP contribution < -0.4 is 5.73 Å². The molecule has 0 radical (unpaired) electrons. The van der Waals surface area contributed by atoms with Crippen molar-refractivity contribution in [2.45, 2.75) is 15.9 Å². The number of hydrogen-bond acceptors (Lipinski definition) is 7. The highest BCUT2D eigenvalue weighted by Gasteiger charge is 2.22. The Bertz CT molecular complexity index is 1300. The molecule has 3 rings (SSSR count). The number of carboxylic acid groups (broad SMARTS) is 1. The van der Waals surface area contributed by atoms with E-state index in [1.807, 2.05) is 6.07 Å². The van der Waals surface area contributed by atoms with Crippen molar-refractivity contribution < 1.29 is 40.6 Å². The third-order valence-corrected chi connectivity index (χ3v) is 5.98. The first-order valence-electron chi connectivity index (χ1n) is 8.44. The highest BCUT2D eigenvalue weighted by atomic mass is 32.2. The van der Waals surface area contributed by atoms with Crippen LogP contribution in [-0.4, -0.2) is 44.1 Å². The van der Waals surface area contributed by atoms with Crippen LogP contribution in [0.15, 0.2) is 70.5 Å². The zero-order chi connectivity index (χ0) is 23.4. The lowest BCUT2D eigenvalue weighted by molar-refractivity contribution is -0.148. The number of anilines is 1. The number of fused-ring (bicyclic) bond motifs is 1. The van der Waals surface area contributed by atoms with Crippen molar-refractivity contribution >= 4 is 42.7 Å². The second-order valence-electron chi connectivity index (χ2n) is 6.15. The number of rotatable bonds is 5. The fourth-order valence-electron chi connectivity index (χ4n) is 2.84. The Labute approximate surface area is 178 Å². The Morgan fingerprint density at radius 3 is 1.97 bits per heavy atom. The molecule has 0 aromatic heterocycles. The lowest BCUT2D eigenvalue weighted by Crippen LogP contribution is -2.12. The molecule has 1 atom stereocenters. The molecular formula is C19H19NO9S2. The molecule has 10 nitrogen and oxygen atoms in total. The number of benzene rings is 3. The first-order chi connectivity index (χ1) is 14.4. The van der Waals surface area contributed by atoms with Gasteiger partial charge in [0.1, 0.15) is 9.79 Å². The van der Waals surface area contributed by atoms with Crippen molar-refractivity contribution in [3.63, 3.8) is 0 Å². The largest absolute Gasteiger partial charge is 0.479 e. The van der Waals surface area contributed by atoms with Gasteiger partial charge in [0.25, 0.3) is 20.2 Å². The van der Waals surface area contributed by atoms with Crippen molar-refractivity contribution in [2.75, 3.05) is 12.8 Å². The van der Waals surface area contributed by atoms with Crippen molar-refractivity contribution in [2.24, 2.45) is 0 Å². The fourth-order valence-corrected chi connectivity index (χ4v) is 4.37. The van der Waals surface area contributed by atoms with Gasteiger partial charge in [-0.15, -0.1) is 0 Å². The lowest BCUT2D eigenvalue weighted by atomic mass is 10.1. The van der Waals surface area contributed by atoms with Crippen molar-refractivity contribution in [1.29, 1.82) is 0 Å². The minimum Gasteiger partial charge on any atom is -0.479 e. The molecule has 166 valence electrons. The van der Waals surface area contributed by atoms with Crippen molar-refractivity contribution in [3.05, 3.63) is 66.2 Å². The number of aliphatic carboxylic acids is 1. The Morgan fingerprint density at radius 1 is 0.871 bits per heavy atom. The molecular weight excluding hydrogens is 450 g/mol. The van der Waals surface area contributed by atoms with Crippen LogP contribution in [0.25, 0.3) is 10.8 Å². The van der Waals surface area contributed by atoms with Gasteiger partial charge in [-0.05, 0) is 17.7 Å². The molecule has 5 N–H and O–H groups in total. The van der Waals surface area contributed by atoms with E-state index in [2.05, 4.69) is 0 Å². The Balaban J connectivity index is 0.000000245. The van der Waals surface area contributed by atoms with Crippen molar-refractivity contribution in [1.82, 2.24) is 0 Å². The maximum Gasteiger partial charge on any atom is 0.337 e. The monoisotopic (exact) mass is 469 g/mol. The van der Waals surface area contributed by atoms with E-state index in [1.54, 1.807) is 24.3 Å². The van der Waals surface area contributed by atoms with E-state index >= 15 is 0 Å². The molecule has 0 saturated carbocycles. The molecule has 0 aliphatic rings. The Hall–Kier alpha value is -3.03. The normalized spacial score (nSPS) is 12.6. The standard InChI is InChI=1S/C10H9NO6S2.C9H10O3/c11-8-5-4-6-7(10(8)19(15,16)17)2-1-3-9(6)18(12,13)14;1-12-8(9(10)11)7-5-3-2-4-6-7/h1-5H,11H2,(H,12,13,14)(H,15,16,17);2-6,8H,1H3,(H,10,11). The number of nitrogen functional groups attached to an aromatic ring is 1. The second-order valence-corrected chi connectivity index (χ2v) is 8.90. The van der Waals surface area contributed by atoms with Gasteiger partial charge in [-0.1, -0.05) is 48.5 Å². The summed E-state index contributed by atoms with van der Waals surface area (Å²) in [6.07, 6.45) is -0.855. The third-order valence-electron chi connectivity index (χ3n) is 4.10. The molecule has 0 spiro atoms. The quantitative estimate of drug-likeness (QED) is 0.320. The highest BCUT2D eigenvalue weighted by molar-refractivity contribution is 7.86. The van der Waals surface area contributed by atoms with Gasteiger partial charge in [-0.25, -0.2) is 4.79 Å². The van der Waals surface area contributed by atoms with Crippen LogP contribution in [-0.2, 0) is 29.8 Å². The Morgan fingerprint density at radius 2 is 1.48 bits per heavy atom. The maximum atomic E-state index is 11.3. The zero-order valence-corrected chi connectivity index (χ0v) is 17.7. The van der Waals surface area contributed by atoms with Gasteiger partial charge in [-0.3, -0.25) is 9.11 Å². The summed E-state index contributed by atoms with van der Waals surface area (Å²) in [7, 11) is -7.76. The molecule has 0 aliphatic heterocycles. The molecule has 1 unspecified atom stereocenters. The summed E-state index contributed by atoms with van der Waals surface area (Å²) in [6, 6.07) is 14.9. The summed E-state index contributed by atoms with van der Waals surface area (Å²) < 4.78 is 68.0. The van der Waals surface area contributed by atoms with Gasteiger partial charge in [0, 0.05) is 17.9 Å². The van der Waals surface area contributed by atoms with Crippen LogP contribution in [0.2, 0.25) is 0 Å². The molecule has 0 amide bonds. The third kappa shape index (κ3) is 5.77. The summed E-state index contributed by atoms with van der Waals surface area (Å²) in [5, 5.41) is 8.57. The molecule has 0 fully saturated rings. The lowest BCUT2D eigenvalue weighted by Gasteiger charge is -2.09. The smallest absolute Gasteiger partial charge is 0.337 e. The topological polar surface area (TPSA) is 181 Å². The molecule has 0 heterocycles. The summed E-state index contributed by atoms with van der Waals surface area (Å²) in [4.78, 5) is 9.56. The summed E-state index contributed by atoms with van der Waals surface area (Å²) >= 11 is 0. The molecule has 12 heteroatoms. The van der Waals surface area contributed by atoms with E-state index in [4.69, 9.17) is 24.7 Å². The summed E-state index contributed by atoms with van der Waals surface area (Å²) in [5.74, 6) is -0.969. The Kier molecular flexibility index (Phi) is 7.36. The number of ether oxygens (including phenoxy) is 1. The van der Waals surface area contributed by atoms with E-state index in [-0.39, 0.29) is 16.5 Å². The molecule has 0 aliphatic carbocycles. The maximum absolute atomic E-state index is 11.3. The molecule has 0 saturated heterocycles. The average molecular weight is 469 g/mol. The first-order valence-corrected chi connectivity index (χ1v) is 11.3. The number of carboxylic acids is 1. The van der Waals surface area contributed by atoms with Crippen LogP contribution >= 0.6 is 0 Å². The molecule has 3 aromatic rings. The molecule has 0 bridgehead atoms. The van der Waals surface area contributed by atoms with E-state index < -0.39 is 42.1 Å². The highest BCUT2D eigenvalue weighted by Crippen LogP contribution is 2.32. The average Bonchev–Trinajstić information content (AvgIpc) is 2.67. The number of hydrogen-bond donors (Lipinski definition) is 4. The SMILES string of the molecule is COC(C(=O)O)c1ccccc1.Nc1ccc2c(S(=O)(=O)O)cccc2c1S(=O)(=O)O. The van der Waals surface area contributed by atoms with Crippen LogP contribution in [0, 0.1) is 0 Å². The second kappa shape index (κ2) is 9.41. The van der Waals surface area contributed by atoms with Crippen LogP contribution in [0.5, 0.6) is 0 Å². The van der Waals surface area contributed by atoms with Crippen LogP contribution in [0.4, 0.5) is 5.69 Å². The predicted molar refractivity (Wildman–Crippen MR) is 112 cm³/mol. The van der Waals surface area contributed by atoms with Gasteiger partial charge in [-0.2, -0.15) is 16.8 Å². The summed E-state index contributed by atoms with van der Waals surface area (Å²) in [5.41, 5.74) is 5.92. The van der Waals surface area contributed by atoms with Gasteiger partial charge in [0.2, 0.25) is 0 Å². The van der Waals surface area contributed by atoms with Gasteiger partial charge < -0.3 is 15.6 Å². The number of carbonyl (C=O) groups is 1. The number of nitrogens with two attached hydrogens (primary N) is 1.